The lowest BCUT2D eigenvalue weighted by atomic mass is 10.1. The highest BCUT2D eigenvalue weighted by molar-refractivity contribution is 5.92. The Morgan fingerprint density at radius 3 is 3.17 bits per heavy atom. The molecule has 0 amide bonds. The number of aromatic amines is 1. The van der Waals surface area contributed by atoms with Crippen molar-refractivity contribution >= 4 is 5.97 Å². The van der Waals surface area contributed by atoms with Crippen LogP contribution in [0.5, 0.6) is 0 Å². The predicted molar refractivity (Wildman–Crippen MR) is 41.9 cm³/mol. The molecule has 0 bridgehead atoms. The van der Waals surface area contributed by atoms with Gasteiger partial charge in [0.15, 0.2) is 0 Å². The van der Waals surface area contributed by atoms with Crippen LogP contribution in [0.4, 0.5) is 0 Å². The number of carbonyl (C=O) groups excluding carboxylic acids is 1. The van der Waals surface area contributed by atoms with Crippen molar-refractivity contribution in [2.75, 3.05) is 0 Å². The number of cyclic esters (lactones) is 1. The average Bonchev–Trinajstić information content (AvgIpc) is 2.31. The van der Waals surface area contributed by atoms with Gasteiger partial charge >= 0.3 is 5.97 Å². The van der Waals surface area contributed by atoms with E-state index in [0.717, 1.165) is 11.4 Å². The molecule has 0 radical (unpaired) electrons. The summed E-state index contributed by atoms with van der Waals surface area (Å²) in [6.45, 7) is 3.69. The molecule has 0 fully saturated rings. The second kappa shape index (κ2) is 2.33. The number of ether oxygens (including phenoxy) is 1. The predicted octanol–water partition coefficient (Wildman–Crippen LogP) is 0.820. The minimum Gasteiger partial charge on any atom is -0.459 e. The van der Waals surface area contributed by atoms with E-state index in [0.29, 0.717) is 12.0 Å². The number of H-pyrrole nitrogens is 1. The molecule has 4 heteroatoms. The first kappa shape index (κ1) is 7.34. The Balaban J connectivity index is 2.50. The van der Waals surface area contributed by atoms with Crippen molar-refractivity contribution in [2.24, 2.45) is 0 Å². The molecular formula is C8H10N2O2. The largest absolute Gasteiger partial charge is 0.459 e. The fourth-order valence-electron chi connectivity index (χ4n) is 1.45. The standard InChI is InChI=1S/C8H10N2O2/c1-4-3-6-7(8(11)12-4)5(2)9-10-6/h4H,3H2,1-2H3,(H,9,10). The van der Waals surface area contributed by atoms with Crippen molar-refractivity contribution in [3.63, 3.8) is 0 Å². The van der Waals surface area contributed by atoms with Gasteiger partial charge in [0.05, 0.1) is 5.69 Å². The zero-order valence-electron chi connectivity index (χ0n) is 7.05. The zero-order chi connectivity index (χ0) is 8.72. The van der Waals surface area contributed by atoms with Crippen LogP contribution in [0.1, 0.15) is 28.7 Å². The maximum atomic E-state index is 11.3. The summed E-state index contributed by atoms with van der Waals surface area (Å²) in [7, 11) is 0. The topological polar surface area (TPSA) is 55.0 Å². The van der Waals surface area contributed by atoms with Crippen LogP contribution in [0.25, 0.3) is 0 Å². The minimum absolute atomic E-state index is 0.0484. The summed E-state index contributed by atoms with van der Waals surface area (Å²) in [5.41, 5.74) is 2.24. The number of aryl methyl sites for hydroxylation is 1. The molecule has 12 heavy (non-hydrogen) atoms. The van der Waals surface area contributed by atoms with E-state index in [2.05, 4.69) is 10.2 Å². The van der Waals surface area contributed by atoms with Gasteiger partial charge in [0.25, 0.3) is 0 Å². The maximum Gasteiger partial charge on any atom is 0.342 e. The molecule has 4 nitrogen and oxygen atoms in total. The first-order valence-corrected chi connectivity index (χ1v) is 3.93. The van der Waals surface area contributed by atoms with Gasteiger partial charge in [-0.3, -0.25) is 5.10 Å². The number of carbonyl (C=O) groups is 1. The highest BCUT2D eigenvalue weighted by Crippen LogP contribution is 2.20. The number of rotatable bonds is 0. The third kappa shape index (κ3) is 0.913. The average molecular weight is 166 g/mol. The fourth-order valence-corrected chi connectivity index (χ4v) is 1.45. The maximum absolute atomic E-state index is 11.3. The van der Waals surface area contributed by atoms with Gasteiger partial charge in [0.2, 0.25) is 0 Å². The molecule has 2 rings (SSSR count). The number of aromatic nitrogens is 2. The van der Waals surface area contributed by atoms with E-state index in [-0.39, 0.29) is 12.1 Å². The van der Waals surface area contributed by atoms with Gasteiger partial charge in [-0.1, -0.05) is 0 Å². The van der Waals surface area contributed by atoms with Crippen molar-refractivity contribution in [1.82, 2.24) is 10.2 Å². The number of hydrogen-bond acceptors (Lipinski definition) is 3. The van der Waals surface area contributed by atoms with Crippen LogP contribution in [0.2, 0.25) is 0 Å². The highest BCUT2D eigenvalue weighted by atomic mass is 16.5. The first-order valence-electron chi connectivity index (χ1n) is 3.93. The van der Waals surface area contributed by atoms with Crippen molar-refractivity contribution < 1.29 is 9.53 Å². The first-order chi connectivity index (χ1) is 5.68. The highest BCUT2D eigenvalue weighted by Gasteiger charge is 2.27. The van der Waals surface area contributed by atoms with E-state index in [4.69, 9.17) is 4.74 Å². The Morgan fingerprint density at radius 2 is 2.42 bits per heavy atom. The molecule has 0 spiro atoms. The molecule has 2 heterocycles. The molecule has 1 atom stereocenters. The zero-order valence-corrected chi connectivity index (χ0v) is 7.05. The lowest BCUT2D eigenvalue weighted by molar-refractivity contribution is 0.0298. The van der Waals surface area contributed by atoms with Gasteiger partial charge in [-0.05, 0) is 13.8 Å². The molecule has 0 saturated carbocycles. The van der Waals surface area contributed by atoms with Crippen LogP contribution < -0.4 is 0 Å². The van der Waals surface area contributed by atoms with Gasteiger partial charge in [0, 0.05) is 12.1 Å². The molecule has 64 valence electrons. The van der Waals surface area contributed by atoms with Crippen LogP contribution in [0, 0.1) is 6.92 Å². The second-order valence-corrected chi connectivity index (χ2v) is 3.09. The Kier molecular flexibility index (Phi) is 1.43. The molecule has 1 aliphatic rings. The third-order valence-electron chi connectivity index (χ3n) is 2.02. The second-order valence-electron chi connectivity index (χ2n) is 3.09. The third-order valence-corrected chi connectivity index (χ3v) is 2.02. The molecule has 1 aromatic heterocycles. The van der Waals surface area contributed by atoms with E-state index >= 15 is 0 Å². The molecule has 1 unspecified atom stereocenters. The van der Waals surface area contributed by atoms with Gasteiger partial charge < -0.3 is 4.74 Å². The van der Waals surface area contributed by atoms with Crippen molar-refractivity contribution in [2.45, 2.75) is 26.4 Å². The van der Waals surface area contributed by atoms with Crippen molar-refractivity contribution in [3.8, 4) is 0 Å². The van der Waals surface area contributed by atoms with Gasteiger partial charge in [-0.25, -0.2) is 4.79 Å². The van der Waals surface area contributed by atoms with Crippen LogP contribution in [-0.2, 0) is 11.2 Å². The minimum atomic E-state index is -0.255. The summed E-state index contributed by atoms with van der Waals surface area (Å²) in [4.78, 5) is 11.3. The summed E-state index contributed by atoms with van der Waals surface area (Å²) in [5, 5.41) is 6.81. The molecule has 0 aromatic carbocycles. The number of nitrogens with zero attached hydrogens (tertiary/aromatic N) is 1. The number of fused-ring (bicyclic) bond motifs is 1. The molecule has 0 aliphatic carbocycles. The fraction of sp³-hybridized carbons (Fsp3) is 0.500. The van der Waals surface area contributed by atoms with Gasteiger partial charge in [-0.15, -0.1) is 0 Å². The van der Waals surface area contributed by atoms with Crippen LogP contribution in [0.15, 0.2) is 0 Å². The lowest BCUT2D eigenvalue weighted by Gasteiger charge is -2.17. The Labute approximate surface area is 69.9 Å². The van der Waals surface area contributed by atoms with Gasteiger partial charge in [0.1, 0.15) is 11.7 Å². The molecule has 1 N–H and O–H groups in total. The summed E-state index contributed by atoms with van der Waals surface area (Å²) >= 11 is 0. The van der Waals surface area contributed by atoms with Crippen LogP contribution in [-0.4, -0.2) is 22.3 Å². The van der Waals surface area contributed by atoms with E-state index in [1.54, 1.807) is 0 Å². The Morgan fingerprint density at radius 1 is 1.67 bits per heavy atom. The summed E-state index contributed by atoms with van der Waals surface area (Å²) in [6.07, 6.45) is 0.665. The lowest BCUT2D eigenvalue weighted by Crippen LogP contribution is -2.24. The summed E-state index contributed by atoms with van der Waals surface area (Å²) in [6, 6.07) is 0. The quantitative estimate of drug-likeness (QED) is 0.580. The monoisotopic (exact) mass is 166 g/mol. The molecule has 1 aromatic rings. The molecule has 0 saturated heterocycles. The Hall–Kier alpha value is -1.32. The van der Waals surface area contributed by atoms with Crippen LogP contribution >= 0.6 is 0 Å². The van der Waals surface area contributed by atoms with E-state index in [1.807, 2.05) is 13.8 Å². The van der Waals surface area contributed by atoms with E-state index in [9.17, 15) is 4.79 Å². The SMILES string of the molecule is Cc1[nH]nc2c1C(=O)OC(C)C2. The Bertz CT molecular complexity index is 330. The van der Waals surface area contributed by atoms with Crippen molar-refractivity contribution in [1.29, 1.82) is 0 Å². The van der Waals surface area contributed by atoms with Crippen molar-refractivity contribution in [3.05, 3.63) is 17.0 Å². The van der Waals surface area contributed by atoms with Crippen LogP contribution in [0.3, 0.4) is 0 Å². The normalized spacial score (nSPS) is 21.8. The number of nitrogens with one attached hydrogen (secondary N) is 1. The summed E-state index contributed by atoms with van der Waals surface area (Å²) in [5.74, 6) is -0.255. The molecular weight excluding hydrogens is 156 g/mol. The van der Waals surface area contributed by atoms with E-state index < -0.39 is 0 Å². The smallest absolute Gasteiger partial charge is 0.342 e. The number of esters is 1. The summed E-state index contributed by atoms with van der Waals surface area (Å²) < 4.78 is 5.05. The van der Waals surface area contributed by atoms with Gasteiger partial charge in [-0.2, -0.15) is 5.10 Å². The molecule has 1 aliphatic heterocycles. The van der Waals surface area contributed by atoms with E-state index in [1.165, 1.54) is 0 Å². The number of hydrogen-bond donors (Lipinski definition) is 1.